The van der Waals surface area contributed by atoms with E-state index in [9.17, 15) is 14.3 Å². The first-order valence-corrected chi connectivity index (χ1v) is 11.5. The highest BCUT2D eigenvalue weighted by molar-refractivity contribution is 5.75. The first-order chi connectivity index (χ1) is 16.0. The number of piperidine rings is 1. The zero-order chi connectivity index (χ0) is 23.3. The molecule has 5 heteroatoms. The number of halogens is 1. The summed E-state index contributed by atoms with van der Waals surface area (Å²) in [5, 5.41) is 10.9. The van der Waals surface area contributed by atoms with Crippen LogP contribution in [0.3, 0.4) is 0 Å². The fraction of sp³-hybridized carbons (Fsp3) is 0.321. The Kier molecular flexibility index (Phi) is 7.09. The molecule has 0 aliphatic carbocycles. The highest BCUT2D eigenvalue weighted by Crippen LogP contribution is 2.45. The molecule has 4 rings (SSSR count). The molecule has 1 aliphatic rings. The van der Waals surface area contributed by atoms with Gasteiger partial charge in [0, 0.05) is 16.5 Å². The Labute approximate surface area is 194 Å². The van der Waals surface area contributed by atoms with Crippen LogP contribution >= 0.6 is 0 Å². The molecular weight excluding hydrogens is 417 g/mol. The summed E-state index contributed by atoms with van der Waals surface area (Å²) in [6, 6.07) is 20.6. The van der Waals surface area contributed by atoms with Crippen LogP contribution in [-0.2, 0) is 11.8 Å². The van der Waals surface area contributed by atoms with Gasteiger partial charge in [-0.05, 0) is 81.2 Å². The SMILES string of the molecule is CN1CCC(c2ccccc2)(c2cc(CCCOc3ccc(C=O)cc3F)ccc2O)CC1. The van der Waals surface area contributed by atoms with Crippen LogP contribution in [0.15, 0.2) is 66.7 Å². The van der Waals surface area contributed by atoms with Gasteiger partial charge < -0.3 is 14.7 Å². The standard InChI is InChI=1S/C28H30FNO3/c1-30-15-13-28(14-16-30,23-7-3-2-4-8-23)24-18-21(9-11-26(24)32)6-5-17-33-27-12-10-22(20-31)19-25(27)29/h2-4,7-12,18-20,32H,5-6,13-17H2,1H3. The fourth-order valence-corrected chi connectivity index (χ4v) is 4.76. The monoisotopic (exact) mass is 447 g/mol. The van der Waals surface area contributed by atoms with Crippen LogP contribution in [0.25, 0.3) is 0 Å². The van der Waals surface area contributed by atoms with Crippen LogP contribution in [0, 0.1) is 5.82 Å². The summed E-state index contributed by atoms with van der Waals surface area (Å²) >= 11 is 0. The second-order valence-electron chi connectivity index (χ2n) is 8.86. The van der Waals surface area contributed by atoms with Crippen LogP contribution in [0.5, 0.6) is 11.5 Å². The lowest BCUT2D eigenvalue weighted by Crippen LogP contribution is -2.41. The molecule has 1 N–H and O–H groups in total. The third kappa shape index (κ3) is 5.09. The van der Waals surface area contributed by atoms with Crippen molar-refractivity contribution in [2.24, 2.45) is 0 Å². The molecule has 172 valence electrons. The maximum absolute atomic E-state index is 14.0. The highest BCUT2D eigenvalue weighted by atomic mass is 19.1. The first-order valence-electron chi connectivity index (χ1n) is 11.5. The number of aldehydes is 1. The fourth-order valence-electron chi connectivity index (χ4n) is 4.76. The van der Waals surface area contributed by atoms with Crippen molar-refractivity contribution in [2.75, 3.05) is 26.7 Å². The predicted molar refractivity (Wildman–Crippen MR) is 128 cm³/mol. The quantitative estimate of drug-likeness (QED) is 0.373. The summed E-state index contributed by atoms with van der Waals surface area (Å²) in [6.45, 7) is 2.31. The smallest absolute Gasteiger partial charge is 0.165 e. The van der Waals surface area contributed by atoms with Gasteiger partial charge in [-0.2, -0.15) is 0 Å². The molecule has 0 amide bonds. The number of phenols is 1. The first kappa shape index (κ1) is 23.0. The van der Waals surface area contributed by atoms with Gasteiger partial charge >= 0.3 is 0 Å². The van der Waals surface area contributed by atoms with Gasteiger partial charge in [-0.15, -0.1) is 0 Å². The summed E-state index contributed by atoms with van der Waals surface area (Å²) in [5.74, 6) is -0.0410. The van der Waals surface area contributed by atoms with Gasteiger partial charge in [0.25, 0.3) is 0 Å². The highest BCUT2D eigenvalue weighted by Gasteiger charge is 2.39. The largest absolute Gasteiger partial charge is 0.508 e. The lowest BCUT2D eigenvalue weighted by atomic mass is 9.67. The van der Waals surface area contributed by atoms with Gasteiger partial charge in [0.05, 0.1) is 6.61 Å². The molecule has 0 spiro atoms. The number of likely N-dealkylation sites (tertiary alicyclic amines) is 1. The second-order valence-corrected chi connectivity index (χ2v) is 8.86. The number of nitrogens with zero attached hydrogens (tertiary/aromatic N) is 1. The van der Waals surface area contributed by atoms with Gasteiger partial charge in [-0.25, -0.2) is 4.39 Å². The maximum Gasteiger partial charge on any atom is 0.165 e. The van der Waals surface area contributed by atoms with Crippen LogP contribution in [0.4, 0.5) is 4.39 Å². The normalized spacial score (nSPS) is 15.8. The van der Waals surface area contributed by atoms with Crippen molar-refractivity contribution in [3.63, 3.8) is 0 Å². The van der Waals surface area contributed by atoms with E-state index in [0.717, 1.165) is 43.5 Å². The third-order valence-electron chi connectivity index (χ3n) is 6.70. The van der Waals surface area contributed by atoms with E-state index in [2.05, 4.69) is 42.3 Å². The van der Waals surface area contributed by atoms with Crippen molar-refractivity contribution >= 4 is 6.29 Å². The molecular formula is C28H30FNO3. The van der Waals surface area contributed by atoms with E-state index >= 15 is 0 Å². The number of benzene rings is 3. The Hall–Kier alpha value is -3.18. The lowest BCUT2D eigenvalue weighted by Gasteiger charge is -2.42. The molecule has 1 heterocycles. The van der Waals surface area contributed by atoms with Crippen LogP contribution in [-0.4, -0.2) is 43.0 Å². The minimum Gasteiger partial charge on any atom is -0.508 e. The minimum absolute atomic E-state index is 0.154. The maximum atomic E-state index is 14.0. The zero-order valence-electron chi connectivity index (χ0n) is 19.0. The summed E-state index contributed by atoms with van der Waals surface area (Å²) in [5.41, 5.74) is 3.42. The molecule has 0 atom stereocenters. The number of phenolic OH excluding ortho intramolecular Hbond substituents is 1. The van der Waals surface area contributed by atoms with Crippen molar-refractivity contribution in [2.45, 2.75) is 31.1 Å². The minimum atomic E-state index is -0.529. The Morgan fingerprint density at radius 1 is 1.06 bits per heavy atom. The number of ether oxygens (including phenoxy) is 1. The van der Waals surface area contributed by atoms with Crippen molar-refractivity contribution in [1.29, 1.82) is 0 Å². The van der Waals surface area contributed by atoms with Gasteiger partial charge in [0.2, 0.25) is 0 Å². The number of aryl methyl sites for hydroxylation is 1. The molecule has 0 saturated carbocycles. The number of hydrogen-bond donors (Lipinski definition) is 1. The van der Waals surface area contributed by atoms with Gasteiger partial charge in [-0.1, -0.05) is 42.5 Å². The second kappa shape index (κ2) is 10.2. The molecule has 33 heavy (non-hydrogen) atoms. The Bertz CT molecular complexity index is 1090. The zero-order valence-corrected chi connectivity index (χ0v) is 19.0. The van der Waals surface area contributed by atoms with Crippen molar-refractivity contribution in [1.82, 2.24) is 4.90 Å². The van der Waals surface area contributed by atoms with E-state index in [0.29, 0.717) is 25.1 Å². The van der Waals surface area contributed by atoms with Crippen LogP contribution in [0.2, 0.25) is 0 Å². The molecule has 1 fully saturated rings. The van der Waals surface area contributed by atoms with E-state index < -0.39 is 5.82 Å². The van der Waals surface area contributed by atoms with E-state index in [1.54, 1.807) is 12.1 Å². The topological polar surface area (TPSA) is 49.8 Å². The lowest BCUT2D eigenvalue weighted by molar-refractivity contribution is 0.112. The number of carbonyl (C=O) groups is 1. The molecule has 0 bridgehead atoms. The molecule has 3 aromatic carbocycles. The summed E-state index contributed by atoms with van der Waals surface area (Å²) in [4.78, 5) is 13.1. The van der Waals surface area contributed by atoms with E-state index in [1.165, 1.54) is 17.7 Å². The van der Waals surface area contributed by atoms with Gasteiger partial charge in [0.1, 0.15) is 12.0 Å². The Balaban J connectivity index is 1.49. The van der Waals surface area contributed by atoms with Gasteiger partial charge in [0.15, 0.2) is 11.6 Å². The number of aromatic hydroxyl groups is 1. The van der Waals surface area contributed by atoms with Gasteiger partial charge in [-0.3, -0.25) is 4.79 Å². The molecule has 3 aromatic rings. The molecule has 0 unspecified atom stereocenters. The third-order valence-corrected chi connectivity index (χ3v) is 6.70. The average molecular weight is 448 g/mol. The van der Waals surface area contributed by atoms with Crippen molar-refractivity contribution < 1.29 is 19.0 Å². The number of carbonyl (C=O) groups excluding carboxylic acids is 1. The Morgan fingerprint density at radius 3 is 2.52 bits per heavy atom. The molecule has 0 aromatic heterocycles. The molecule has 4 nitrogen and oxygen atoms in total. The summed E-state index contributed by atoms with van der Waals surface area (Å²) < 4.78 is 19.6. The van der Waals surface area contributed by atoms with Crippen molar-refractivity contribution in [3.05, 3.63) is 94.8 Å². The molecule has 0 radical (unpaired) electrons. The van der Waals surface area contributed by atoms with E-state index in [-0.39, 0.29) is 16.7 Å². The Morgan fingerprint density at radius 2 is 1.82 bits per heavy atom. The molecule has 1 aliphatic heterocycles. The number of hydrogen-bond acceptors (Lipinski definition) is 4. The predicted octanol–water partition coefficient (Wildman–Crippen LogP) is 5.37. The number of rotatable bonds is 8. The van der Waals surface area contributed by atoms with Crippen LogP contribution in [0.1, 0.15) is 46.3 Å². The summed E-state index contributed by atoms with van der Waals surface area (Å²) in [7, 11) is 2.14. The van der Waals surface area contributed by atoms with Crippen LogP contribution < -0.4 is 4.74 Å². The summed E-state index contributed by atoms with van der Waals surface area (Å²) in [6.07, 6.45) is 3.97. The average Bonchev–Trinajstić information content (AvgIpc) is 2.85. The van der Waals surface area contributed by atoms with E-state index in [4.69, 9.17) is 4.74 Å². The van der Waals surface area contributed by atoms with Crippen molar-refractivity contribution in [3.8, 4) is 11.5 Å². The van der Waals surface area contributed by atoms with E-state index in [1.807, 2.05) is 12.1 Å². The molecule has 1 saturated heterocycles.